The molecule has 0 fully saturated rings. The fourth-order valence-electron chi connectivity index (χ4n) is 3.95. The van der Waals surface area contributed by atoms with Crippen LogP contribution >= 0.6 is 0 Å². The Balaban J connectivity index is 2.13. The molecule has 0 spiro atoms. The number of hydrogen-bond donors (Lipinski definition) is 4. The van der Waals surface area contributed by atoms with Gasteiger partial charge in [-0.15, -0.1) is 0 Å². The highest BCUT2D eigenvalue weighted by molar-refractivity contribution is 6.25. The van der Waals surface area contributed by atoms with E-state index < -0.39 is 35.8 Å². The van der Waals surface area contributed by atoms with Crippen LogP contribution in [0, 0.1) is 0 Å². The van der Waals surface area contributed by atoms with Gasteiger partial charge in [-0.1, -0.05) is 18.2 Å². The van der Waals surface area contributed by atoms with Gasteiger partial charge in [0.1, 0.15) is 12.1 Å². The van der Waals surface area contributed by atoms with Gasteiger partial charge in [-0.3, -0.25) is 19.2 Å². The van der Waals surface area contributed by atoms with Gasteiger partial charge in [0.2, 0.25) is 23.5 Å². The monoisotopic (exact) mass is 540 g/mol. The number of carbonyl (C=O) groups excluding carboxylic acids is 5. The summed E-state index contributed by atoms with van der Waals surface area (Å²) in [7, 11) is 0. The van der Waals surface area contributed by atoms with Crippen molar-refractivity contribution in [1.82, 2.24) is 20.9 Å². The number of benzene rings is 1. The minimum atomic E-state index is -1.15. The summed E-state index contributed by atoms with van der Waals surface area (Å²) in [5.74, 6) is -2.39. The first-order valence-corrected chi connectivity index (χ1v) is 12.9. The van der Waals surface area contributed by atoms with Gasteiger partial charge in [-0.05, 0) is 51.2 Å². The number of nitrogens with zero attached hydrogens (tertiary/aromatic N) is 2. The Labute approximate surface area is 226 Å². The number of ether oxygens (including phenoxy) is 1. The number of rotatable bonds is 16. The molecule has 4 N–H and O–H groups in total. The molecule has 0 bridgehead atoms. The zero-order valence-corrected chi connectivity index (χ0v) is 22.5. The zero-order chi connectivity index (χ0) is 28.8. The molecule has 0 saturated carbocycles. The molecule has 12 heteroatoms. The highest BCUT2D eigenvalue weighted by Crippen LogP contribution is 2.18. The number of H-pyrrole nitrogens is 1. The van der Waals surface area contributed by atoms with E-state index in [0.717, 1.165) is 22.7 Å². The third-order valence-corrected chi connectivity index (χ3v) is 5.81. The third kappa shape index (κ3) is 10.9. The largest absolute Gasteiger partial charge is 0.461 e. The fraction of sp³-hybridized carbons (Fsp3) is 0.481. The van der Waals surface area contributed by atoms with Crippen LogP contribution in [0.25, 0.3) is 16.4 Å². The Morgan fingerprint density at radius 2 is 1.79 bits per heavy atom. The number of ketones is 1. The second-order valence-electron chi connectivity index (χ2n) is 9.43. The number of carbonyl (C=O) groups is 5. The molecule has 3 amide bonds. The van der Waals surface area contributed by atoms with Gasteiger partial charge in [0.25, 0.3) is 0 Å². The van der Waals surface area contributed by atoms with E-state index >= 15 is 0 Å². The van der Waals surface area contributed by atoms with E-state index in [-0.39, 0.29) is 37.5 Å². The fourth-order valence-corrected chi connectivity index (χ4v) is 3.95. The van der Waals surface area contributed by atoms with Crippen molar-refractivity contribution < 1.29 is 33.5 Å². The second kappa shape index (κ2) is 15.8. The number of aromatic amines is 1. The third-order valence-electron chi connectivity index (χ3n) is 5.81. The number of unbranched alkanes of at least 4 members (excludes halogenated alkanes) is 1. The number of aromatic nitrogens is 1. The topological polar surface area (TPSA) is 183 Å². The maximum atomic E-state index is 13.3. The molecule has 0 aliphatic carbocycles. The first kappa shape index (κ1) is 30.9. The molecule has 0 aliphatic heterocycles. The Bertz CT molecular complexity index is 1220. The smallest absolute Gasteiger partial charge is 0.328 e. The summed E-state index contributed by atoms with van der Waals surface area (Å²) in [6.45, 7) is 5.14. The van der Waals surface area contributed by atoms with Crippen LogP contribution in [0.3, 0.4) is 0 Å². The number of hydrogen-bond acceptors (Lipinski definition) is 6. The van der Waals surface area contributed by atoms with Crippen molar-refractivity contribution in [3.63, 3.8) is 0 Å². The Kier molecular flexibility index (Phi) is 12.5. The summed E-state index contributed by atoms with van der Waals surface area (Å²) in [5.41, 5.74) is 10.2. The molecular formula is C27H36N6O6. The average Bonchev–Trinajstić information content (AvgIpc) is 3.27. The van der Waals surface area contributed by atoms with Crippen molar-refractivity contribution >= 4 is 46.6 Å². The summed E-state index contributed by atoms with van der Waals surface area (Å²) < 4.78 is 5.23. The molecule has 12 nitrogen and oxygen atoms in total. The lowest BCUT2D eigenvalue weighted by Gasteiger charge is -2.23. The molecule has 2 rings (SSSR count). The number of nitrogens with one attached hydrogen (secondary N) is 4. The normalized spacial score (nSPS) is 12.2. The second-order valence-corrected chi connectivity index (χ2v) is 9.43. The predicted octanol–water partition coefficient (Wildman–Crippen LogP) is 1.59. The molecular weight excluding hydrogens is 504 g/mol. The molecule has 2 unspecified atom stereocenters. The van der Waals surface area contributed by atoms with Crippen molar-refractivity contribution in [2.24, 2.45) is 0 Å². The summed E-state index contributed by atoms with van der Waals surface area (Å²) in [4.78, 5) is 67.6. The summed E-state index contributed by atoms with van der Waals surface area (Å²) >= 11 is 0. The number of esters is 1. The Hall–Kier alpha value is -4.31. The van der Waals surface area contributed by atoms with Gasteiger partial charge in [0.15, 0.2) is 0 Å². The van der Waals surface area contributed by atoms with Crippen LogP contribution in [0.2, 0.25) is 0 Å². The van der Waals surface area contributed by atoms with Crippen molar-refractivity contribution in [3.05, 3.63) is 41.6 Å². The van der Waals surface area contributed by atoms with Gasteiger partial charge < -0.3 is 31.2 Å². The van der Waals surface area contributed by atoms with E-state index in [1.807, 2.05) is 24.3 Å². The van der Waals surface area contributed by atoms with Crippen LogP contribution in [0.5, 0.6) is 0 Å². The van der Waals surface area contributed by atoms with Gasteiger partial charge in [0.05, 0.1) is 12.5 Å². The molecule has 0 aliphatic rings. The number of amides is 3. The molecule has 2 atom stereocenters. The highest BCUT2D eigenvalue weighted by Gasteiger charge is 2.29. The van der Waals surface area contributed by atoms with Crippen LogP contribution in [-0.2, 0) is 35.1 Å². The van der Waals surface area contributed by atoms with Crippen molar-refractivity contribution in [1.29, 1.82) is 0 Å². The average molecular weight is 541 g/mol. The zero-order valence-electron chi connectivity index (χ0n) is 22.5. The van der Waals surface area contributed by atoms with E-state index in [9.17, 15) is 24.0 Å². The van der Waals surface area contributed by atoms with Crippen LogP contribution in [0.1, 0.15) is 58.4 Å². The lowest BCUT2D eigenvalue weighted by Crippen LogP contribution is -2.52. The molecule has 0 radical (unpaired) electrons. The van der Waals surface area contributed by atoms with E-state index in [0.29, 0.717) is 19.4 Å². The van der Waals surface area contributed by atoms with Crippen LogP contribution in [0.4, 0.5) is 0 Å². The maximum absolute atomic E-state index is 13.3. The molecule has 0 saturated heterocycles. The van der Waals surface area contributed by atoms with Gasteiger partial charge in [0, 0.05) is 37.0 Å². The summed E-state index contributed by atoms with van der Waals surface area (Å²) in [5, 5.41) is 8.96. The van der Waals surface area contributed by atoms with Crippen molar-refractivity contribution in [2.45, 2.75) is 77.5 Å². The number of Topliss-reactive ketones (excluding diaryl/α,β-unsaturated/α-hetero) is 1. The van der Waals surface area contributed by atoms with Crippen LogP contribution in [-0.4, -0.2) is 70.2 Å². The van der Waals surface area contributed by atoms with E-state index in [1.165, 1.54) is 6.92 Å². The van der Waals surface area contributed by atoms with Crippen molar-refractivity contribution in [3.8, 4) is 0 Å². The Morgan fingerprint density at radius 3 is 2.49 bits per heavy atom. The van der Waals surface area contributed by atoms with Gasteiger partial charge in [-0.2, -0.15) is 4.79 Å². The Morgan fingerprint density at radius 1 is 1.05 bits per heavy atom. The molecule has 1 heterocycles. The van der Waals surface area contributed by atoms with E-state index in [1.54, 1.807) is 20.0 Å². The molecule has 2 aromatic rings. The molecule has 39 heavy (non-hydrogen) atoms. The van der Waals surface area contributed by atoms with Gasteiger partial charge in [-0.25, -0.2) is 4.79 Å². The van der Waals surface area contributed by atoms with Gasteiger partial charge >= 0.3 is 12.2 Å². The predicted molar refractivity (Wildman–Crippen MR) is 144 cm³/mol. The SMILES string of the molecule is CC(=O)NCCCCC(NC(=O)Cc1c[nH]c2ccccc12)C(=O)NC(CCC(=O)C=[N+]=[N-])C(=O)OC(C)C. The lowest BCUT2D eigenvalue weighted by atomic mass is 10.0. The minimum Gasteiger partial charge on any atom is -0.461 e. The minimum absolute atomic E-state index is 0.0352. The van der Waals surface area contributed by atoms with E-state index in [4.69, 9.17) is 10.3 Å². The maximum Gasteiger partial charge on any atom is 0.328 e. The molecule has 210 valence electrons. The lowest BCUT2D eigenvalue weighted by molar-refractivity contribution is -0.152. The van der Waals surface area contributed by atoms with E-state index in [2.05, 4.69) is 25.7 Å². The first-order valence-electron chi connectivity index (χ1n) is 12.9. The first-order chi connectivity index (χ1) is 18.6. The quantitative estimate of drug-likeness (QED) is 0.0824. The summed E-state index contributed by atoms with van der Waals surface area (Å²) in [6, 6.07) is 5.43. The van der Waals surface area contributed by atoms with Crippen molar-refractivity contribution in [2.75, 3.05) is 6.54 Å². The van der Waals surface area contributed by atoms with Crippen LogP contribution < -0.4 is 16.0 Å². The molecule has 1 aromatic heterocycles. The highest BCUT2D eigenvalue weighted by atomic mass is 16.5. The standard InChI is InChI=1S/C27H36N6O6/c1-17(2)39-27(38)24(12-11-20(35)16-31-28)33-26(37)23(10-6-7-13-29-18(3)34)32-25(36)14-19-15-30-22-9-5-4-8-21(19)22/h4-5,8-9,15-17,23-24,30H,6-7,10-14H2,1-3H3,(H,29,34)(H,32,36)(H,33,37). The summed E-state index contributed by atoms with van der Waals surface area (Å²) in [6.07, 6.45) is 3.14. The number of fused-ring (bicyclic) bond motifs is 1. The molecule has 1 aromatic carbocycles. The number of para-hydroxylation sites is 1. The van der Waals surface area contributed by atoms with Crippen LogP contribution in [0.15, 0.2) is 30.5 Å².